The van der Waals surface area contributed by atoms with Crippen LogP contribution in [0.1, 0.15) is 15.2 Å². The number of nitrogens with one attached hydrogen (secondary N) is 1. The molecule has 0 aliphatic carbocycles. The van der Waals surface area contributed by atoms with Gasteiger partial charge >= 0.3 is 0 Å². The van der Waals surface area contributed by atoms with E-state index >= 15 is 0 Å². The van der Waals surface area contributed by atoms with E-state index in [1.807, 2.05) is 18.3 Å². The zero-order valence-electron chi connectivity index (χ0n) is 9.96. The van der Waals surface area contributed by atoms with Crippen molar-refractivity contribution >= 4 is 27.9 Å². The Labute approximate surface area is 113 Å². The number of hydrogen-bond acceptors (Lipinski definition) is 6. The molecule has 0 aliphatic rings. The van der Waals surface area contributed by atoms with E-state index in [1.165, 1.54) is 0 Å². The first-order chi connectivity index (χ1) is 9.13. The van der Waals surface area contributed by atoms with Crippen LogP contribution in [-0.4, -0.2) is 22.2 Å². The van der Waals surface area contributed by atoms with Gasteiger partial charge in [-0.1, -0.05) is 0 Å². The van der Waals surface area contributed by atoms with Gasteiger partial charge in [0.1, 0.15) is 15.9 Å². The summed E-state index contributed by atoms with van der Waals surface area (Å²) in [5.74, 6) is -0.642. The normalized spacial score (nSPS) is 10.1. The smallest absolute Gasteiger partial charge is 0.253 e. The van der Waals surface area contributed by atoms with Gasteiger partial charge in [0.2, 0.25) is 0 Å². The predicted octanol–water partition coefficient (Wildman–Crippen LogP) is 0.609. The number of primary amides is 1. The molecule has 0 bridgehead atoms. The maximum Gasteiger partial charge on any atom is 0.253 e. The second kappa shape index (κ2) is 5.41. The van der Waals surface area contributed by atoms with Crippen LogP contribution in [0.25, 0.3) is 0 Å². The Bertz CT molecular complexity index is 624. The second-order valence-electron chi connectivity index (χ2n) is 3.72. The lowest BCUT2D eigenvalue weighted by Gasteiger charge is -2.06. The van der Waals surface area contributed by atoms with Crippen molar-refractivity contribution < 1.29 is 4.79 Å². The minimum Gasteiger partial charge on any atom is -0.396 e. The van der Waals surface area contributed by atoms with E-state index in [9.17, 15) is 4.79 Å². The summed E-state index contributed by atoms with van der Waals surface area (Å²) in [6.45, 7) is 1.18. The van der Waals surface area contributed by atoms with E-state index in [-0.39, 0.29) is 16.1 Å². The van der Waals surface area contributed by atoms with Crippen molar-refractivity contribution in [2.24, 2.45) is 5.73 Å². The molecule has 0 spiro atoms. The molecule has 8 heteroatoms. The van der Waals surface area contributed by atoms with Crippen LogP contribution in [0, 0.1) is 11.3 Å². The number of hydrogen-bond donors (Lipinski definition) is 3. The molecule has 2 heterocycles. The number of aromatic nitrogens is 2. The van der Waals surface area contributed by atoms with Gasteiger partial charge in [0.15, 0.2) is 0 Å². The van der Waals surface area contributed by atoms with Gasteiger partial charge in [0.25, 0.3) is 5.91 Å². The average Bonchev–Trinajstić information content (AvgIpc) is 2.97. The minimum atomic E-state index is -0.642. The average molecular weight is 276 g/mol. The van der Waals surface area contributed by atoms with Crippen LogP contribution in [0.3, 0.4) is 0 Å². The highest BCUT2D eigenvalue weighted by Gasteiger charge is 2.19. The highest BCUT2D eigenvalue weighted by Crippen LogP contribution is 2.34. The maximum atomic E-state index is 11.3. The van der Waals surface area contributed by atoms with E-state index in [0.29, 0.717) is 18.1 Å². The van der Waals surface area contributed by atoms with E-state index in [2.05, 4.69) is 10.4 Å². The third kappa shape index (κ3) is 2.66. The molecule has 0 atom stereocenters. The fourth-order valence-corrected chi connectivity index (χ4v) is 2.56. The van der Waals surface area contributed by atoms with Crippen molar-refractivity contribution in [3.05, 3.63) is 28.9 Å². The van der Waals surface area contributed by atoms with Crippen molar-refractivity contribution in [1.29, 1.82) is 5.26 Å². The van der Waals surface area contributed by atoms with Crippen LogP contribution >= 0.6 is 11.3 Å². The second-order valence-corrected chi connectivity index (χ2v) is 4.74. The van der Waals surface area contributed by atoms with Crippen molar-refractivity contribution in [3.8, 4) is 6.07 Å². The SMILES string of the molecule is N#Cc1sc(NCCn2cccn2)c(C(N)=O)c1N. The topological polar surface area (TPSA) is 123 Å². The number of thiophene rings is 1. The van der Waals surface area contributed by atoms with Crippen molar-refractivity contribution in [3.63, 3.8) is 0 Å². The lowest BCUT2D eigenvalue weighted by Crippen LogP contribution is -2.16. The number of nitrogen functional groups attached to an aromatic ring is 1. The van der Waals surface area contributed by atoms with Crippen molar-refractivity contribution in [2.45, 2.75) is 6.54 Å². The van der Waals surface area contributed by atoms with Crippen LogP contribution in [0.2, 0.25) is 0 Å². The predicted molar refractivity (Wildman–Crippen MR) is 72.7 cm³/mol. The lowest BCUT2D eigenvalue weighted by molar-refractivity contribution is 0.100. The Morgan fingerprint density at radius 3 is 3.00 bits per heavy atom. The molecule has 2 rings (SSSR count). The first-order valence-corrected chi connectivity index (χ1v) is 6.28. The summed E-state index contributed by atoms with van der Waals surface area (Å²) in [5, 5.41) is 16.5. The molecule has 5 N–H and O–H groups in total. The summed E-state index contributed by atoms with van der Waals surface area (Å²) in [7, 11) is 0. The molecular weight excluding hydrogens is 264 g/mol. The number of rotatable bonds is 5. The van der Waals surface area contributed by atoms with Gasteiger partial charge in [-0.3, -0.25) is 9.48 Å². The molecule has 2 aromatic rings. The van der Waals surface area contributed by atoms with Crippen molar-refractivity contribution in [1.82, 2.24) is 9.78 Å². The number of anilines is 2. The molecule has 1 amide bonds. The van der Waals surface area contributed by atoms with Gasteiger partial charge in [-0.2, -0.15) is 10.4 Å². The van der Waals surface area contributed by atoms with Crippen molar-refractivity contribution in [2.75, 3.05) is 17.6 Å². The van der Waals surface area contributed by atoms with Crippen LogP contribution in [0.15, 0.2) is 18.5 Å². The van der Waals surface area contributed by atoms with Crippen LogP contribution in [0.5, 0.6) is 0 Å². The summed E-state index contributed by atoms with van der Waals surface area (Å²) in [6.07, 6.45) is 3.52. The molecule has 7 nitrogen and oxygen atoms in total. The van der Waals surface area contributed by atoms with Gasteiger partial charge in [-0.25, -0.2) is 0 Å². The summed E-state index contributed by atoms with van der Waals surface area (Å²) >= 11 is 1.12. The standard InChI is InChI=1S/C11H12N6OS/c12-6-7-9(13)8(10(14)18)11(19-7)15-3-5-17-4-1-2-16-17/h1-2,4,15H,3,5,13H2,(H2,14,18). The first-order valence-electron chi connectivity index (χ1n) is 5.47. The quantitative estimate of drug-likeness (QED) is 0.738. The molecule has 0 saturated carbocycles. The van der Waals surface area contributed by atoms with Crippen LogP contribution in [0.4, 0.5) is 10.7 Å². The Kier molecular flexibility index (Phi) is 3.68. The van der Waals surface area contributed by atoms with Gasteiger partial charge in [0.05, 0.1) is 17.8 Å². The zero-order chi connectivity index (χ0) is 13.8. The maximum absolute atomic E-state index is 11.3. The number of amides is 1. The Morgan fingerprint density at radius 2 is 2.42 bits per heavy atom. The summed E-state index contributed by atoms with van der Waals surface area (Å²) < 4.78 is 1.75. The molecular formula is C11H12N6OS. The highest BCUT2D eigenvalue weighted by molar-refractivity contribution is 7.17. The largest absolute Gasteiger partial charge is 0.396 e. The number of carbonyl (C=O) groups excluding carboxylic acids is 1. The highest BCUT2D eigenvalue weighted by atomic mass is 32.1. The van der Waals surface area contributed by atoms with E-state index in [0.717, 1.165) is 11.3 Å². The summed E-state index contributed by atoms with van der Waals surface area (Å²) in [5.41, 5.74) is 11.3. The number of carbonyl (C=O) groups is 1. The number of nitriles is 1. The molecule has 0 unspecified atom stereocenters. The zero-order valence-corrected chi connectivity index (χ0v) is 10.8. The molecule has 19 heavy (non-hydrogen) atoms. The Balaban J connectivity index is 2.11. The van der Waals surface area contributed by atoms with E-state index < -0.39 is 5.91 Å². The minimum absolute atomic E-state index is 0.140. The van der Waals surface area contributed by atoms with Gasteiger partial charge in [-0.05, 0) is 6.07 Å². The Hall–Kier alpha value is -2.53. The Morgan fingerprint density at radius 1 is 1.63 bits per heavy atom. The third-order valence-corrected chi connectivity index (χ3v) is 3.55. The van der Waals surface area contributed by atoms with Crippen LogP contribution in [-0.2, 0) is 6.54 Å². The van der Waals surface area contributed by atoms with Gasteiger partial charge in [-0.15, -0.1) is 11.3 Å². The molecule has 0 aliphatic heterocycles. The van der Waals surface area contributed by atoms with Gasteiger partial charge < -0.3 is 16.8 Å². The molecule has 2 aromatic heterocycles. The molecule has 0 radical (unpaired) electrons. The number of nitrogens with zero attached hydrogens (tertiary/aromatic N) is 3. The monoisotopic (exact) mass is 276 g/mol. The first kappa shape index (κ1) is 12.9. The molecule has 0 saturated heterocycles. The summed E-state index contributed by atoms with van der Waals surface area (Å²) in [4.78, 5) is 11.6. The van der Waals surface area contributed by atoms with Crippen LogP contribution < -0.4 is 16.8 Å². The molecule has 0 fully saturated rings. The third-order valence-electron chi connectivity index (χ3n) is 2.48. The fourth-order valence-electron chi connectivity index (χ4n) is 1.61. The van der Waals surface area contributed by atoms with E-state index in [1.54, 1.807) is 10.9 Å². The van der Waals surface area contributed by atoms with Gasteiger partial charge in [0, 0.05) is 18.9 Å². The lowest BCUT2D eigenvalue weighted by atomic mass is 10.2. The summed E-state index contributed by atoms with van der Waals surface area (Å²) in [6, 6.07) is 3.77. The fraction of sp³-hybridized carbons (Fsp3) is 0.182. The molecule has 98 valence electrons. The molecule has 0 aromatic carbocycles. The number of nitrogens with two attached hydrogens (primary N) is 2. The van der Waals surface area contributed by atoms with E-state index in [4.69, 9.17) is 16.7 Å².